The first-order valence-electron chi connectivity index (χ1n) is 3.91. The van der Waals surface area contributed by atoms with Crippen LogP contribution in [0, 0.1) is 5.82 Å². The van der Waals surface area contributed by atoms with E-state index >= 15 is 0 Å². The molecule has 0 aromatic heterocycles. The molecule has 0 radical (unpaired) electrons. The Labute approximate surface area is 87.7 Å². The molecule has 0 atom stereocenters. The Morgan fingerprint density at radius 3 is 2.43 bits per heavy atom. The second kappa shape index (κ2) is 4.31. The van der Waals surface area contributed by atoms with E-state index in [1.54, 1.807) is 0 Å². The molecule has 0 aliphatic heterocycles. The third kappa shape index (κ3) is 2.72. The number of alkyl halides is 2. The van der Waals surface area contributed by atoms with Gasteiger partial charge in [-0.15, -0.1) is 0 Å². The van der Waals surface area contributed by atoms with Crippen molar-refractivity contribution in [2.75, 3.05) is 6.61 Å². The van der Waals surface area contributed by atoms with Crippen molar-refractivity contribution in [2.45, 2.75) is 12.3 Å². The molecule has 1 N–H and O–H groups in total. The number of rotatable bonds is 3. The van der Waals surface area contributed by atoms with Gasteiger partial charge >= 0.3 is 0 Å². The van der Waals surface area contributed by atoms with Crippen LogP contribution in [0.4, 0.5) is 13.2 Å². The highest BCUT2D eigenvalue weighted by Gasteiger charge is 2.31. The molecule has 1 rings (SSSR count). The lowest BCUT2D eigenvalue weighted by atomic mass is 10.1. The standard InChI is InChI=1S/C9H8BrF3O/c10-7-3-6(4-8(11)5-7)9(12,13)1-2-14/h3-5,14H,1-2H2. The maximum atomic E-state index is 13.2. The number of hydrogen-bond donors (Lipinski definition) is 1. The summed E-state index contributed by atoms with van der Waals surface area (Å²) in [7, 11) is 0. The smallest absolute Gasteiger partial charge is 0.275 e. The SMILES string of the molecule is OCCC(F)(F)c1cc(F)cc(Br)c1. The van der Waals surface area contributed by atoms with Gasteiger partial charge in [-0.3, -0.25) is 0 Å². The molecule has 0 unspecified atom stereocenters. The van der Waals surface area contributed by atoms with Crippen molar-refractivity contribution >= 4 is 15.9 Å². The summed E-state index contributed by atoms with van der Waals surface area (Å²) in [6, 6.07) is 3.00. The van der Waals surface area contributed by atoms with E-state index in [4.69, 9.17) is 5.11 Å². The quantitative estimate of drug-likeness (QED) is 0.894. The number of aliphatic hydroxyl groups is 1. The topological polar surface area (TPSA) is 20.2 Å². The Morgan fingerprint density at radius 2 is 1.93 bits per heavy atom. The third-order valence-corrected chi connectivity index (χ3v) is 2.17. The number of benzene rings is 1. The molecule has 1 aromatic carbocycles. The third-order valence-electron chi connectivity index (χ3n) is 1.71. The Hall–Kier alpha value is -0.550. The second-order valence-corrected chi connectivity index (χ2v) is 3.75. The lowest BCUT2D eigenvalue weighted by Gasteiger charge is -2.15. The summed E-state index contributed by atoms with van der Waals surface area (Å²) in [6.45, 7) is -0.638. The van der Waals surface area contributed by atoms with Crippen LogP contribution in [0.1, 0.15) is 12.0 Å². The summed E-state index contributed by atoms with van der Waals surface area (Å²) < 4.78 is 39.4. The van der Waals surface area contributed by atoms with Crippen LogP contribution in [0.3, 0.4) is 0 Å². The largest absolute Gasteiger partial charge is 0.396 e. The van der Waals surface area contributed by atoms with Crippen molar-refractivity contribution in [3.8, 4) is 0 Å². The first kappa shape index (κ1) is 11.5. The van der Waals surface area contributed by atoms with Gasteiger partial charge in [-0.05, 0) is 18.2 Å². The van der Waals surface area contributed by atoms with Crippen molar-refractivity contribution in [2.24, 2.45) is 0 Å². The molecule has 0 bridgehead atoms. The molecule has 0 aliphatic rings. The summed E-state index contributed by atoms with van der Waals surface area (Å²) in [5.74, 6) is -3.92. The lowest BCUT2D eigenvalue weighted by Crippen LogP contribution is -2.15. The van der Waals surface area contributed by atoms with Crippen LogP contribution in [-0.4, -0.2) is 11.7 Å². The predicted octanol–water partition coefficient (Wildman–Crippen LogP) is 3.06. The molecule has 1 nitrogen and oxygen atoms in total. The molecule has 0 heterocycles. The minimum absolute atomic E-state index is 0.255. The first-order valence-corrected chi connectivity index (χ1v) is 4.70. The highest BCUT2D eigenvalue weighted by molar-refractivity contribution is 9.10. The summed E-state index contributed by atoms with van der Waals surface area (Å²) >= 11 is 2.92. The molecule has 0 spiro atoms. The fraction of sp³-hybridized carbons (Fsp3) is 0.333. The fourth-order valence-corrected chi connectivity index (χ4v) is 1.52. The summed E-state index contributed by atoms with van der Waals surface area (Å²) in [5, 5.41) is 8.42. The number of aliphatic hydroxyl groups excluding tert-OH is 1. The zero-order valence-corrected chi connectivity index (χ0v) is 8.69. The van der Waals surface area contributed by atoms with Gasteiger partial charge in [-0.25, -0.2) is 13.2 Å². The fourth-order valence-electron chi connectivity index (χ4n) is 1.05. The maximum Gasteiger partial charge on any atom is 0.275 e. The van der Waals surface area contributed by atoms with Crippen molar-refractivity contribution in [3.05, 3.63) is 34.1 Å². The highest BCUT2D eigenvalue weighted by atomic mass is 79.9. The van der Waals surface area contributed by atoms with E-state index in [0.29, 0.717) is 0 Å². The Morgan fingerprint density at radius 1 is 1.29 bits per heavy atom. The summed E-state index contributed by atoms with van der Waals surface area (Å²) in [4.78, 5) is 0. The van der Waals surface area contributed by atoms with Gasteiger partial charge in [0.2, 0.25) is 0 Å². The van der Waals surface area contributed by atoms with E-state index in [2.05, 4.69) is 15.9 Å². The van der Waals surface area contributed by atoms with E-state index in [9.17, 15) is 13.2 Å². The summed E-state index contributed by atoms with van der Waals surface area (Å²) in [5.41, 5.74) is -0.432. The molecule has 1 aromatic rings. The number of halogens is 4. The van der Waals surface area contributed by atoms with Gasteiger partial charge in [0.15, 0.2) is 0 Å². The van der Waals surface area contributed by atoms with E-state index in [1.165, 1.54) is 0 Å². The van der Waals surface area contributed by atoms with Gasteiger partial charge in [-0.1, -0.05) is 15.9 Å². The van der Waals surface area contributed by atoms with Gasteiger partial charge < -0.3 is 5.11 Å². The van der Waals surface area contributed by atoms with E-state index in [1.807, 2.05) is 0 Å². The average Bonchev–Trinajstić information content (AvgIpc) is 2.02. The van der Waals surface area contributed by atoms with Crippen LogP contribution in [0.2, 0.25) is 0 Å². The molecular weight excluding hydrogens is 261 g/mol. The van der Waals surface area contributed by atoms with Gasteiger partial charge in [0, 0.05) is 23.1 Å². The zero-order valence-electron chi connectivity index (χ0n) is 7.11. The summed E-state index contributed by atoms with van der Waals surface area (Å²) in [6.07, 6.45) is -0.705. The average molecular weight is 269 g/mol. The Bertz CT molecular complexity index is 308. The van der Waals surface area contributed by atoms with Gasteiger partial charge in [0.25, 0.3) is 5.92 Å². The minimum Gasteiger partial charge on any atom is -0.396 e. The van der Waals surface area contributed by atoms with Crippen molar-refractivity contribution in [1.29, 1.82) is 0 Å². The van der Waals surface area contributed by atoms with Crippen LogP contribution in [0.25, 0.3) is 0 Å². The molecular formula is C9H8BrF3O. The van der Waals surface area contributed by atoms with E-state index in [0.717, 1.165) is 18.2 Å². The number of hydrogen-bond acceptors (Lipinski definition) is 1. The first-order chi connectivity index (χ1) is 6.45. The predicted molar refractivity (Wildman–Crippen MR) is 49.7 cm³/mol. The van der Waals surface area contributed by atoms with Gasteiger partial charge in [-0.2, -0.15) is 0 Å². The highest BCUT2D eigenvalue weighted by Crippen LogP contribution is 2.33. The minimum atomic E-state index is -3.20. The maximum absolute atomic E-state index is 13.2. The van der Waals surface area contributed by atoms with Crippen LogP contribution in [0.5, 0.6) is 0 Å². The molecule has 0 aliphatic carbocycles. The molecule has 0 saturated carbocycles. The lowest BCUT2D eigenvalue weighted by molar-refractivity contribution is -0.0272. The van der Waals surface area contributed by atoms with Crippen molar-refractivity contribution < 1.29 is 18.3 Å². The monoisotopic (exact) mass is 268 g/mol. The second-order valence-electron chi connectivity index (χ2n) is 2.84. The van der Waals surface area contributed by atoms with Crippen molar-refractivity contribution in [3.63, 3.8) is 0 Å². The Kier molecular flexibility index (Phi) is 3.55. The van der Waals surface area contributed by atoms with Gasteiger partial charge in [0.05, 0.1) is 0 Å². The Balaban J connectivity index is 3.05. The zero-order chi connectivity index (χ0) is 10.8. The van der Waals surface area contributed by atoms with Crippen LogP contribution in [0.15, 0.2) is 22.7 Å². The molecule has 5 heteroatoms. The van der Waals surface area contributed by atoms with E-state index in [-0.39, 0.29) is 4.47 Å². The molecule has 14 heavy (non-hydrogen) atoms. The molecule has 0 amide bonds. The van der Waals surface area contributed by atoms with E-state index < -0.39 is 30.3 Å². The van der Waals surface area contributed by atoms with Crippen molar-refractivity contribution in [1.82, 2.24) is 0 Å². The van der Waals surface area contributed by atoms with Crippen LogP contribution in [-0.2, 0) is 5.92 Å². The molecule has 0 fully saturated rings. The van der Waals surface area contributed by atoms with Crippen LogP contribution < -0.4 is 0 Å². The van der Waals surface area contributed by atoms with Crippen LogP contribution >= 0.6 is 15.9 Å². The molecule has 0 saturated heterocycles. The normalized spacial score (nSPS) is 11.8. The van der Waals surface area contributed by atoms with Gasteiger partial charge in [0.1, 0.15) is 5.82 Å². The molecule has 78 valence electrons.